The second kappa shape index (κ2) is 10.5. The largest absolute Gasteiger partial charge is 0.480 e. The molecule has 2 aliphatic heterocycles. The van der Waals surface area contributed by atoms with Crippen molar-refractivity contribution < 1.29 is 24.2 Å². The van der Waals surface area contributed by atoms with Crippen LogP contribution < -0.4 is 5.32 Å². The summed E-state index contributed by atoms with van der Waals surface area (Å²) in [6.07, 6.45) is 3.67. The Labute approximate surface area is 177 Å². The van der Waals surface area contributed by atoms with Crippen molar-refractivity contribution in [2.24, 2.45) is 0 Å². The lowest BCUT2D eigenvalue weighted by molar-refractivity contribution is -0.174. The number of benzene rings is 1. The molecule has 2 heterocycles. The smallest absolute Gasteiger partial charge is 0.328 e. The molecular formula is C22H31N3O5. The minimum atomic E-state index is -0.986. The molecule has 8 heteroatoms. The number of fused-ring (bicyclic) bond motifs is 1. The number of ether oxygens (including phenoxy) is 1. The van der Waals surface area contributed by atoms with E-state index in [-0.39, 0.29) is 18.5 Å². The number of aryl methyl sites for hydroxylation is 1. The molecule has 8 nitrogen and oxygen atoms in total. The highest BCUT2D eigenvalue weighted by Crippen LogP contribution is 2.24. The Morgan fingerprint density at radius 3 is 2.57 bits per heavy atom. The Hall–Kier alpha value is -2.45. The summed E-state index contributed by atoms with van der Waals surface area (Å²) in [5, 5.41) is 16.1. The van der Waals surface area contributed by atoms with Gasteiger partial charge < -0.3 is 9.84 Å². The molecule has 1 aromatic rings. The lowest BCUT2D eigenvalue weighted by Crippen LogP contribution is -2.61. The first-order valence-corrected chi connectivity index (χ1v) is 10.8. The maximum absolute atomic E-state index is 13.3. The number of nitrogens with one attached hydrogen (secondary N) is 1. The summed E-state index contributed by atoms with van der Waals surface area (Å²) in [6.45, 7) is 3.34. The maximum Gasteiger partial charge on any atom is 0.328 e. The van der Waals surface area contributed by atoms with Crippen LogP contribution in [0.2, 0.25) is 0 Å². The van der Waals surface area contributed by atoms with Crippen LogP contribution in [0.15, 0.2) is 30.3 Å². The van der Waals surface area contributed by atoms with Gasteiger partial charge in [0.25, 0.3) is 5.91 Å². The molecule has 164 valence electrons. The number of carboxylic acids is 1. The molecule has 2 saturated heterocycles. The highest BCUT2D eigenvalue weighted by atomic mass is 16.5. The monoisotopic (exact) mass is 417 g/mol. The van der Waals surface area contributed by atoms with E-state index in [0.717, 1.165) is 18.4 Å². The number of esters is 1. The summed E-state index contributed by atoms with van der Waals surface area (Å²) in [6, 6.07) is 7.77. The summed E-state index contributed by atoms with van der Waals surface area (Å²) in [5.74, 6) is -1.64. The number of carbonyl (C=O) groups excluding carboxylic acids is 2. The summed E-state index contributed by atoms with van der Waals surface area (Å²) >= 11 is 0. The van der Waals surface area contributed by atoms with E-state index in [2.05, 4.69) is 5.32 Å². The molecule has 0 aromatic heterocycles. The van der Waals surface area contributed by atoms with Crippen LogP contribution in [0.5, 0.6) is 0 Å². The SMILES string of the molecule is CCOC(=O)[C@H](CCc1ccccc1)NC1CCCN2CCCC(C(=O)O)N2C1=O. The van der Waals surface area contributed by atoms with Crippen molar-refractivity contribution in [1.82, 2.24) is 15.3 Å². The van der Waals surface area contributed by atoms with E-state index in [1.165, 1.54) is 5.01 Å². The fraction of sp³-hybridized carbons (Fsp3) is 0.591. The second-order valence-corrected chi connectivity index (χ2v) is 7.82. The molecule has 3 rings (SSSR count). The summed E-state index contributed by atoms with van der Waals surface area (Å²) in [7, 11) is 0. The van der Waals surface area contributed by atoms with E-state index in [9.17, 15) is 19.5 Å². The predicted octanol–water partition coefficient (Wildman–Crippen LogP) is 1.60. The third kappa shape index (κ3) is 5.37. The average molecular weight is 418 g/mol. The molecule has 2 unspecified atom stereocenters. The Morgan fingerprint density at radius 1 is 1.20 bits per heavy atom. The van der Waals surface area contributed by atoms with Gasteiger partial charge in [-0.15, -0.1) is 0 Å². The number of carboxylic acid groups (broad SMARTS) is 1. The molecule has 1 aromatic carbocycles. The van der Waals surface area contributed by atoms with Gasteiger partial charge >= 0.3 is 11.9 Å². The fourth-order valence-corrected chi connectivity index (χ4v) is 4.26. The van der Waals surface area contributed by atoms with Crippen LogP contribution in [-0.2, 0) is 25.5 Å². The van der Waals surface area contributed by atoms with Crippen LogP contribution in [0.4, 0.5) is 0 Å². The Kier molecular flexibility index (Phi) is 7.81. The van der Waals surface area contributed by atoms with Crippen molar-refractivity contribution in [3.8, 4) is 0 Å². The quantitative estimate of drug-likeness (QED) is 0.620. The highest BCUT2D eigenvalue weighted by molar-refractivity contribution is 5.87. The van der Waals surface area contributed by atoms with Gasteiger partial charge in [-0.05, 0) is 51.0 Å². The molecule has 2 aliphatic rings. The minimum absolute atomic E-state index is 0.266. The van der Waals surface area contributed by atoms with Gasteiger partial charge in [-0.3, -0.25) is 19.9 Å². The van der Waals surface area contributed by atoms with Gasteiger partial charge in [0.2, 0.25) is 0 Å². The van der Waals surface area contributed by atoms with Crippen LogP contribution >= 0.6 is 0 Å². The van der Waals surface area contributed by atoms with Crippen molar-refractivity contribution in [3.05, 3.63) is 35.9 Å². The molecule has 0 radical (unpaired) electrons. The van der Waals surface area contributed by atoms with Gasteiger partial charge in [-0.25, -0.2) is 9.80 Å². The molecular weight excluding hydrogens is 386 g/mol. The van der Waals surface area contributed by atoms with Crippen LogP contribution in [0.25, 0.3) is 0 Å². The van der Waals surface area contributed by atoms with E-state index in [1.54, 1.807) is 6.92 Å². The second-order valence-electron chi connectivity index (χ2n) is 7.82. The number of carbonyl (C=O) groups is 3. The van der Waals surface area contributed by atoms with Gasteiger partial charge in [-0.1, -0.05) is 30.3 Å². The molecule has 0 spiro atoms. The molecule has 0 saturated carbocycles. The van der Waals surface area contributed by atoms with E-state index in [1.807, 2.05) is 35.3 Å². The number of hydrogen-bond donors (Lipinski definition) is 2. The normalized spacial score (nSPS) is 23.4. The standard InChI is InChI=1S/C22H31N3O5/c1-2-30-22(29)18(13-12-16-8-4-3-5-9-16)23-17-10-6-14-24-15-7-11-19(21(27)28)25(24)20(17)26/h3-5,8-9,17-19,23H,2,6-7,10-15H2,1H3,(H,27,28)/t17?,18-,19?/m0/s1. The molecule has 0 bridgehead atoms. The lowest BCUT2D eigenvalue weighted by atomic mass is 10.0. The molecule has 3 atom stereocenters. The first-order valence-electron chi connectivity index (χ1n) is 10.8. The van der Waals surface area contributed by atoms with Gasteiger partial charge in [-0.2, -0.15) is 0 Å². The number of aliphatic carboxylic acids is 1. The highest BCUT2D eigenvalue weighted by Gasteiger charge is 2.42. The Bertz CT molecular complexity index is 742. The van der Waals surface area contributed by atoms with E-state index < -0.39 is 24.1 Å². The van der Waals surface area contributed by atoms with Gasteiger partial charge in [0.05, 0.1) is 12.6 Å². The lowest BCUT2D eigenvalue weighted by Gasteiger charge is -2.42. The average Bonchev–Trinajstić information content (AvgIpc) is 2.90. The van der Waals surface area contributed by atoms with E-state index >= 15 is 0 Å². The van der Waals surface area contributed by atoms with Crippen LogP contribution in [-0.4, -0.2) is 70.8 Å². The number of hydrazine groups is 1. The van der Waals surface area contributed by atoms with Gasteiger partial charge in [0.1, 0.15) is 12.1 Å². The number of amides is 1. The number of rotatable bonds is 8. The minimum Gasteiger partial charge on any atom is -0.480 e. The third-order valence-corrected chi connectivity index (χ3v) is 5.75. The molecule has 2 N–H and O–H groups in total. The van der Waals surface area contributed by atoms with Crippen molar-refractivity contribution in [2.75, 3.05) is 19.7 Å². The summed E-state index contributed by atoms with van der Waals surface area (Å²) in [5.41, 5.74) is 1.11. The zero-order valence-electron chi connectivity index (χ0n) is 17.5. The number of hydrogen-bond acceptors (Lipinski definition) is 6. The zero-order chi connectivity index (χ0) is 21.5. The number of nitrogens with zero attached hydrogens (tertiary/aromatic N) is 2. The van der Waals surface area contributed by atoms with Crippen molar-refractivity contribution in [1.29, 1.82) is 0 Å². The molecule has 30 heavy (non-hydrogen) atoms. The Balaban J connectivity index is 1.73. The molecule has 0 aliphatic carbocycles. The summed E-state index contributed by atoms with van der Waals surface area (Å²) in [4.78, 5) is 37.6. The van der Waals surface area contributed by atoms with Crippen LogP contribution in [0.3, 0.4) is 0 Å². The maximum atomic E-state index is 13.3. The predicted molar refractivity (Wildman–Crippen MR) is 110 cm³/mol. The fourth-order valence-electron chi connectivity index (χ4n) is 4.26. The summed E-state index contributed by atoms with van der Waals surface area (Å²) < 4.78 is 5.24. The molecule has 2 fully saturated rings. The van der Waals surface area contributed by atoms with E-state index in [4.69, 9.17) is 4.74 Å². The van der Waals surface area contributed by atoms with Crippen molar-refractivity contribution >= 4 is 17.8 Å². The third-order valence-electron chi connectivity index (χ3n) is 5.75. The first kappa shape index (κ1) is 22.2. The topological polar surface area (TPSA) is 99.2 Å². The first-order chi connectivity index (χ1) is 14.5. The van der Waals surface area contributed by atoms with Gasteiger partial charge in [0, 0.05) is 13.1 Å². The van der Waals surface area contributed by atoms with E-state index in [0.29, 0.717) is 38.8 Å². The van der Waals surface area contributed by atoms with Crippen molar-refractivity contribution in [3.63, 3.8) is 0 Å². The van der Waals surface area contributed by atoms with Crippen LogP contribution in [0.1, 0.15) is 44.6 Å². The molecule has 1 amide bonds. The zero-order valence-corrected chi connectivity index (χ0v) is 17.5. The van der Waals surface area contributed by atoms with Crippen molar-refractivity contribution in [2.45, 2.75) is 63.6 Å². The van der Waals surface area contributed by atoms with Crippen LogP contribution in [0, 0.1) is 0 Å². The van der Waals surface area contributed by atoms with Gasteiger partial charge in [0.15, 0.2) is 0 Å². The Morgan fingerprint density at radius 2 is 1.90 bits per heavy atom.